The second-order valence-electron chi connectivity index (χ2n) is 6.82. The van der Waals surface area contributed by atoms with Gasteiger partial charge in [-0.3, -0.25) is 14.9 Å². The molecule has 1 aliphatic rings. The minimum atomic E-state index is -0.835. The van der Waals surface area contributed by atoms with Gasteiger partial charge in [0.25, 0.3) is 11.8 Å². The number of methoxy groups -OCH3 is 1. The van der Waals surface area contributed by atoms with E-state index in [1.807, 2.05) is 18.2 Å². The van der Waals surface area contributed by atoms with Crippen LogP contribution in [0.1, 0.15) is 50.6 Å². The van der Waals surface area contributed by atoms with Crippen LogP contribution in [0.15, 0.2) is 34.7 Å². The van der Waals surface area contributed by atoms with Gasteiger partial charge in [-0.15, -0.1) is 11.3 Å². The second-order valence-corrected chi connectivity index (χ2v) is 7.92. The van der Waals surface area contributed by atoms with Gasteiger partial charge in [0.2, 0.25) is 0 Å². The van der Waals surface area contributed by atoms with Crippen LogP contribution >= 0.6 is 11.3 Å². The average Bonchev–Trinajstić information content (AvgIpc) is 3.22. The molecule has 4 rings (SSSR count). The molecule has 0 saturated carbocycles. The minimum Gasteiger partial charge on any atom is -0.453 e. The third-order valence-electron chi connectivity index (χ3n) is 4.93. The Labute approximate surface area is 171 Å². The molecule has 1 aliphatic carbocycles. The number of hydrogen-bond acceptors (Lipinski definition) is 6. The molecule has 1 aromatic carbocycles. The molecule has 0 unspecified atom stereocenters. The molecule has 29 heavy (non-hydrogen) atoms. The van der Waals surface area contributed by atoms with Gasteiger partial charge < -0.3 is 14.5 Å². The number of fused-ring (bicyclic) bond motifs is 2. The molecular formula is C21H20N2O5S. The standard InChI is InChI=1S/C21H20N2O5S/c1-27-21(26)23-19(25)17-13-8-3-2-4-10-16(13)29-20(17)22-18(24)15-11-12-7-5-6-9-14(12)28-15/h5-7,9,11H,2-4,8,10H2,1H3,(H,22,24)(H,23,25,26). The fraction of sp³-hybridized carbons (Fsp3) is 0.286. The molecule has 150 valence electrons. The summed E-state index contributed by atoms with van der Waals surface area (Å²) >= 11 is 1.38. The Morgan fingerprint density at radius 3 is 2.66 bits per heavy atom. The van der Waals surface area contributed by atoms with Crippen molar-refractivity contribution in [2.24, 2.45) is 0 Å². The summed E-state index contributed by atoms with van der Waals surface area (Å²) < 4.78 is 10.2. The summed E-state index contributed by atoms with van der Waals surface area (Å²) in [5, 5.41) is 6.26. The fourth-order valence-corrected chi connectivity index (χ4v) is 4.82. The third-order valence-corrected chi connectivity index (χ3v) is 6.13. The number of furan rings is 1. The number of carbonyl (C=O) groups is 3. The van der Waals surface area contributed by atoms with Gasteiger partial charge in [0.15, 0.2) is 5.76 Å². The van der Waals surface area contributed by atoms with Gasteiger partial charge in [0, 0.05) is 10.3 Å². The molecule has 0 atom stereocenters. The summed E-state index contributed by atoms with van der Waals surface area (Å²) in [4.78, 5) is 38.2. The quantitative estimate of drug-likeness (QED) is 0.617. The van der Waals surface area contributed by atoms with Crippen LogP contribution in [0.4, 0.5) is 9.80 Å². The Bertz CT molecular complexity index is 1060. The molecule has 0 spiro atoms. The maximum atomic E-state index is 12.8. The van der Waals surface area contributed by atoms with Crippen LogP contribution in [0.3, 0.4) is 0 Å². The maximum absolute atomic E-state index is 12.8. The van der Waals surface area contributed by atoms with Crippen LogP contribution < -0.4 is 10.6 Å². The van der Waals surface area contributed by atoms with Gasteiger partial charge in [0.1, 0.15) is 10.6 Å². The SMILES string of the molecule is COC(=O)NC(=O)c1c(NC(=O)c2cc3ccccc3o2)sc2c1CCCCC2. The van der Waals surface area contributed by atoms with E-state index in [9.17, 15) is 14.4 Å². The summed E-state index contributed by atoms with van der Waals surface area (Å²) in [6.45, 7) is 0. The first-order valence-electron chi connectivity index (χ1n) is 9.40. The molecule has 3 aromatic rings. The van der Waals surface area contributed by atoms with Gasteiger partial charge in [-0.05, 0) is 43.4 Å². The van der Waals surface area contributed by atoms with Crippen molar-refractivity contribution in [3.05, 3.63) is 52.1 Å². The van der Waals surface area contributed by atoms with Crippen LogP contribution in [0.25, 0.3) is 11.0 Å². The largest absolute Gasteiger partial charge is 0.453 e. The van der Waals surface area contributed by atoms with E-state index in [4.69, 9.17) is 4.42 Å². The van der Waals surface area contributed by atoms with Crippen LogP contribution in [0, 0.1) is 0 Å². The number of anilines is 1. The predicted octanol–water partition coefficient (Wildman–Crippen LogP) is 4.51. The van der Waals surface area contributed by atoms with Crippen molar-refractivity contribution in [3.8, 4) is 0 Å². The number of ether oxygens (including phenoxy) is 1. The molecule has 2 N–H and O–H groups in total. The Balaban J connectivity index is 1.67. The Kier molecular flexibility index (Phi) is 5.35. The van der Waals surface area contributed by atoms with Gasteiger partial charge in [-0.1, -0.05) is 24.6 Å². The van der Waals surface area contributed by atoms with Crippen LogP contribution in [0.5, 0.6) is 0 Å². The van der Waals surface area contributed by atoms with E-state index < -0.39 is 17.9 Å². The van der Waals surface area contributed by atoms with Crippen molar-refractivity contribution in [3.63, 3.8) is 0 Å². The Morgan fingerprint density at radius 2 is 1.86 bits per heavy atom. The number of amides is 3. The molecule has 8 heteroatoms. The summed E-state index contributed by atoms with van der Waals surface area (Å²) in [5.74, 6) is -0.852. The normalized spacial score (nSPS) is 13.4. The molecule has 0 radical (unpaired) electrons. The second kappa shape index (κ2) is 8.08. The van der Waals surface area contributed by atoms with Crippen molar-refractivity contribution in [2.75, 3.05) is 12.4 Å². The highest BCUT2D eigenvalue weighted by molar-refractivity contribution is 7.17. The number of para-hydroxylation sites is 1. The number of hydrogen-bond donors (Lipinski definition) is 2. The molecule has 2 heterocycles. The monoisotopic (exact) mass is 412 g/mol. The zero-order valence-electron chi connectivity index (χ0n) is 15.9. The van der Waals surface area contributed by atoms with Gasteiger partial charge >= 0.3 is 6.09 Å². The van der Waals surface area contributed by atoms with E-state index in [0.717, 1.165) is 47.9 Å². The highest BCUT2D eigenvalue weighted by Crippen LogP contribution is 2.38. The van der Waals surface area contributed by atoms with Gasteiger partial charge in [-0.25, -0.2) is 4.79 Å². The number of imide groups is 1. The Morgan fingerprint density at radius 1 is 1.07 bits per heavy atom. The number of thiophene rings is 1. The van der Waals surface area contributed by atoms with E-state index in [2.05, 4.69) is 15.4 Å². The predicted molar refractivity (Wildman–Crippen MR) is 110 cm³/mol. The molecule has 3 amide bonds. The topological polar surface area (TPSA) is 97.6 Å². The average molecular weight is 412 g/mol. The molecule has 0 aliphatic heterocycles. The fourth-order valence-electron chi connectivity index (χ4n) is 3.54. The first-order chi connectivity index (χ1) is 14.1. The zero-order chi connectivity index (χ0) is 20.4. The summed E-state index contributed by atoms with van der Waals surface area (Å²) in [6.07, 6.45) is 3.81. The molecule has 0 saturated heterocycles. The molecule has 7 nitrogen and oxygen atoms in total. The summed E-state index contributed by atoms with van der Waals surface area (Å²) in [5.41, 5.74) is 1.85. The van der Waals surface area contributed by atoms with E-state index in [1.165, 1.54) is 18.4 Å². The summed E-state index contributed by atoms with van der Waals surface area (Å²) in [7, 11) is 1.20. The van der Waals surface area contributed by atoms with E-state index in [0.29, 0.717) is 16.1 Å². The molecule has 0 bridgehead atoms. The van der Waals surface area contributed by atoms with E-state index in [1.54, 1.807) is 12.1 Å². The maximum Gasteiger partial charge on any atom is 0.413 e. The third kappa shape index (κ3) is 3.88. The van der Waals surface area contributed by atoms with Crippen molar-refractivity contribution in [1.82, 2.24) is 5.32 Å². The lowest BCUT2D eigenvalue weighted by molar-refractivity contribution is 0.0937. The number of alkyl carbamates (subject to hydrolysis) is 1. The van der Waals surface area contributed by atoms with Crippen LogP contribution in [-0.4, -0.2) is 25.0 Å². The molecule has 2 aromatic heterocycles. The number of benzene rings is 1. The molecular weight excluding hydrogens is 392 g/mol. The molecule has 0 fully saturated rings. The summed E-state index contributed by atoms with van der Waals surface area (Å²) in [6, 6.07) is 9.01. The van der Waals surface area contributed by atoms with Crippen LogP contribution in [0.2, 0.25) is 0 Å². The lowest BCUT2D eigenvalue weighted by Crippen LogP contribution is -2.31. The van der Waals surface area contributed by atoms with Crippen molar-refractivity contribution >= 4 is 45.2 Å². The first kappa shape index (κ1) is 19.2. The van der Waals surface area contributed by atoms with E-state index >= 15 is 0 Å². The number of aryl methyl sites for hydroxylation is 1. The van der Waals surface area contributed by atoms with Gasteiger partial charge in [-0.2, -0.15) is 0 Å². The highest BCUT2D eigenvalue weighted by atomic mass is 32.1. The first-order valence-corrected chi connectivity index (χ1v) is 10.2. The highest BCUT2D eigenvalue weighted by Gasteiger charge is 2.27. The minimum absolute atomic E-state index is 0.161. The number of nitrogens with one attached hydrogen (secondary N) is 2. The Hall–Kier alpha value is -3.13. The van der Waals surface area contributed by atoms with E-state index in [-0.39, 0.29) is 5.76 Å². The van der Waals surface area contributed by atoms with Crippen molar-refractivity contribution in [2.45, 2.75) is 32.1 Å². The number of carbonyl (C=O) groups excluding carboxylic acids is 3. The zero-order valence-corrected chi connectivity index (χ0v) is 16.7. The van der Waals surface area contributed by atoms with Crippen molar-refractivity contribution < 1.29 is 23.5 Å². The lowest BCUT2D eigenvalue weighted by Gasteiger charge is -2.08. The van der Waals surface area contributed by atoms with Crippen molar-refractivity contribution in [1.29, 1.82) is 0 Å². The van der Waals surface area contributed by atoms with Gasteiger partial charge in [0.05, 0.1) is 12.7 Å². The van der Waals surface area contributed by atoms with Crippen LogP contribution in [-0.2, 0) is 17.6 Å². The number of rotatable bonds is 3. The lowest BCUT2D eigenvalue weighted by atomic mass is 10.0. The smallest absolute Gasteiger partial charge is 0.413 e.